The zero-order chi connectivity index (χ0) is 18.0. The van der Waals surface area contributed by atoms with Crippen LogP contribution in [0, 0.1) is 5.41 Å². The second kappa shape index (κ2) is 6.71. The monoisotopic (exact) mass is 330 g/mol. The molecule has 0 amide bonds. The van der Waals surface area contributed by atoms with Crippen LogP contribution in [-0.2, 0) is 15.1 Å². The van der Waals surface area contributed by atoms with E-state index < -0.39 is 17.0 Å². The van der Waals surface area contributed by atoms with Crippen LogP contribution in [0.5, 0.6) is 0 Å². The fraction of sp³-hybridized carbons (Fsp3) is 0.368. The first-order valence-corrected chi connectivity index (χ1v) is 7.69. The number of hydrogen-bond acceptors (Lipinski definition) is 5. The third-order valence-corrected chi connectivity index (χ3v) is 4.59. The van der Waals surface area contributed by atoms with Gasteiger partial charge >= 0.3 is 5.97 Å². The molecule has 0 bridgehead atoms. The van der Waals surface area contributed by atoms with E-state index in [0.29, 0.717) is 16.7 Å². The van der Waals surface area contributed by atoms with E-state index in [4.69, 9.17) is 0 Å². The number of allylic oxidation sites excluding steroid dienone is 2. The van der Waals surface area contributed by atoms with Gasteiger partial charge in [0, 0.05) is 23.5 Å². The van der Waals surface area contributed by atoms with Crippen LogP contribution in [0.25, 0.3) is 0 Å². The third-order valence-electron chi connectivity index (χ3n) is 4.59. The molecule has 5 heteroatoms. The van der Waals surface area contributed by atoms with Crippen LogP contribution in [0.1, 0.15) is 36.2 Å². The zero-order valence-corrected chi connectivity index (χ0v) is 14.1. The number of esters is 1. The van der Waals surface area contributed by atoms with E-state index in [2.05, 4.69) is 4.74 Å². The Kier molecular flexibility index (Phi) is 5.06. The van der Waals surface area contributed by atoms with Crippen molar-refractivity contribution in [2.24, 2.45) is 5.41 Å². The lowest BCUT2D eigenvalue weighted by Gasteiger charge is -2.46. The van der Waals surface area contributed by atoms with Crippen LogP contribution in [0.2, 0.25) is 0 Å². The third kappa shape index (κ3) is 3.05. The molecule has 0 spiro atoms. The van der Waals surface area contributed by atoms with Crippen molar-refractivity contribution < 1.29 is 24.5 Å². The highest BCUT2D eigenvalue weighted by molar-refractivity contribution is 6.00. The summed E-state index contributed by atoms with van der Waals surface area (Å²) < 4.78 is 4.57. The molecule has 1 aliphatic carbocycles. The van der Waals surface area contributed by atoms with E-state index in [1.54, 1.807) is 44.2 Å². The summed E-state index contributed by atoms with van der Waals surface area (Å²) in [5.41, 5.74) is -1.09. The van der Waals surface area contributed by atoms with Crippen LogP contribution in [-0.4, -0.2) is 35.7 Å². The highest BCUT2D eigenvalue weighted by Crippen LogP contribution is 2.49. The van der Waals surface area contributed by atoms with E-state index in [0.717, 1.165) is 0 Å². The molecule has 2 rings (SSSR count). The van der Waals surface area contributed by atoms with Crippen LogP contribution < -0.4 is 0 Å². The molecule has 0 aromatic heterocycles. The predicted octanol–water partition coefficient (Wildman–Crippen LogP) is 2.13. The lowest BCUT2D eigenvalue weighted by molar-refractivity contribution is -0.134. The highest BCUT2D eigenvalue weighted by Gasteiger charge is 2.52. The maximum atomic E-state index is 12.4. The number of aliphatic hydroxyl groups excluding tert-OH is 1. The number of carbonyl (C=O) groups excluding carboxylic acids is 2. The fourth-order valence-electron chi connectivity index (χ4n) is 2.98. The Morgan fingerprint density at radius 1 is 1.38 bits per heavy atom. The van der Waals surface area contributed by atoms with Crippen molar-refractivity contribution in [3.63, 3.8) is 0 Å². The molecule has 0 unspecified atom stereocenters. The van der Waals surface area contributed by atoms with Gasteiger partial charge in [0.1, 0.15) is 5.60 Å². The Balaban J connectivity index is 2.54. The van der Waals surface area contributed by atoms with Gasteiger partial charge in [0.05, 0.1) is 13.7 Å². The molecule has 2 N–H and O–H groups in total. The van der Waals surface area contributed by atoms with Crippen LogP contribution in [0.4, 0.5) is 0 Å². The number of ether oxygens (including phenoxy) is 1. The largest absolute Gasteiger partial charge is 0.466 e. The number of aliphatic hydroxyl groups is 2. The Morgan fingerprint density at radius 3 is 2.67 bits per heavy atom. The van der Waals surface area contributed by atoms with Gasteiger partial charge in [0.15, 0.2) is 5.78 Å². The van der Waals surface area contributed by atoms with Gasteiger partial charge in [-0.3, -0.25) is 4.79 Å². The summed E-state index contributed by atoms with van der Waals surface area (Å²) in [5.74, 6) is -0.602. The minimum absolute atomic E-state index is 0.0289. The second-order valence-electron chi connectivity index (χ2n) is 6.38. The summed E-state index contributed by atoms with van der Waals surface area (Å²) in [6.45, 7) is 3.02. The van der Waals surface area contributed by atoms with Crippen molar-refractivity contribution >= 4 is 11.8 Å². The molecule has 5 nitrogen and oxygen atoms in total. The summed E-state index contributed by atoms with van der Waals surface area (Å²) >= 11 is 0. The molecular weight excluding hydrogens is 308 g/mol. The summed E-state index contributed by atoms with van der Waals surface area (Å²) in [7, 11) is 1.29. The maximum absolute atomic E-state index is 12.4. The van der Waals surface area contributed by atoms with Gasteiger partial charge in [-0.1, -0.05) is 37.3 Å². The Hall–Kier alpha value is -2.24. The van der Waals surface area contributed by atoms with E-state index in [1.807, 2.05) is 0 Å². The van der Waals surface area contributed by atoms with Crippen molar-refractivity contribution in [2.45, 2.75) is 25.9 Å². The van der Waals surface area contributed by atoms with Crippen LogP contribution in [0.3, 0.4) is 0 Å². The van der Waals surface area contributed by atoms with Gasteiger partial charge in [0.2, 0.25) is 0 Å². The van der Waals surface area contributed by atoms with Crippen molar-refractivity contribution in [3.05, 3.63) is 59.2 Å². The van der Waals surface area contributed by atoms with Gasteiger partial charge in [0.25, 0.3) is 0 Å². The average molecular weight is 330 g/mol. The number of Topliss-reactive ketones (excluding diaryl/α,β-unsaturated/α-hetero) is 1. The lowest BCUT2D eigenvalue weighted by atomic mass is 9.61. The Bertz CT molecular complexity index is 718. The average Bonchev–Trinajstić information content (AvgIpc) is 2.58. The predicted molar refractivity (Wildman–Crippen MR) is 89.4 cm³/mol. The second-order valence-corrected chi connectivity index (χ2v) is 6.38. The molecular formula is C19H22O5. The van der Waals surface area contributed by atoms with E-state index in [-0.39, 0.29) is 18.8 Å². The van der Waals surface area contributed by atoms with Crippen LogP contribution >= 0.6 is 0 Å². The first-order chi connectivity index (χ1) is 11.3. The van der Waals surface area contributed by atoms with E-state index >= 15 is 0 Å². The SMILES string of the molecule is COC(=O)/C=C(C)\C=C\[C@@]1(O)c2ccccc2C(=O)C[C@@]1(C)CO. The molecule has 0 radical (unpaired) electrons. The van der Waals surface area contributed by atoms with E-state index in [1.165, 1.54) is 19.3 Å². The molecule has 1 aromatic carbocycles. The molecule has 0 saturated heterocycles. The Morgan fingerprint density at radius 2 is 2.04 bits per heavy atom. The van der Waals surface area contributed by atoms with E-state index in [9.17, 15) is 19.8 Å². The molecule has 2 atom stereocenters. The number of benzene rings is 1. The maximum Gasteiger partial charge on any atom is 0.330 e. The smallest absolute Gasteiger partial charge is 0.330 e. The van der Waals surface area contributed by atoms with Crippen molar-refractivity contribution in [1.29, 1.82) is 0 Å². The molecule has 128 valence electrons. The Labute approximate surface area is 141 Å². The highest BCUT2D eigenvalue weighted by atomic mass is 16.5. The summed E-state index contributed by atoms with van der Waals surface area (Å²) in [5, 5.41) is 21.2. The lowest BCUT2D eigenvalue weighted by Crippen LogP contribution is -2.50. The van der Waals surface area contributed by atoms with Crippen molar-refractivity contribution in [2.75, 3.05) is 13.7 Å². The van der Waals surface area contributed by atoms with Gasteiger partial charge in [-0.05, 0) is 24.1 Å². The number of methoxy groups -OCH3 is 1. The quantitative estimate of drug-likeness (QED) is 0.502. The normalized spacial score (nSPS) is 27.2. The number of ketones is 1. The number of rotatable bonds is 4. The van der Waals surface area contributed by atoms with Gasteiger partial charge in [-0.15, -0.1) is 0 Å². The fourth-order valence-corrected chi connectivity index (χ4v) is 2.98. The minimum atomic E-state index is -1.53. The molecule has 0 fully saturated rings. The summed E-state index contributed by atoms with van der Waals surface area (Å²) in [4.78, 5) is 23.6. The summed E-state index contributed by atoms with van der Waals surface area (Å²) in [6, 6.07) is 6.84. The van der Waals surface area contributed by atoms with Crippen molar-refractivity contribution in [1.82, 2.24) is 0 Å². The first-order valence-electron chi connectivity index (χ1n) is 7.69. The minimum Gasteiger partial charge on any atom is -0.466 e. The van der Waals surface area contributed by atoms with Crippen LogP contribution in [0.15, 0.2) is 48.1 Å². The standard InChI is InChI=1S/C19H22O5/c1-13(10-17(22)24-3)8-9-19(23)15-7-5-4-6-14(15)16(21)11-18(19,2)12-20/h4-10,20,23H,11-12H2,1-3H3/b9-8+,13-10-/t18-,19+/m0/s1. The number of carbonyl (C=O) groups is 2. The molecule has 0 aliphatic heterocycles. The van der Waals surface area contributed by atoms with Gasteiger partial charge in [-0.2, -0.15) is 0 Å². The molecule has 0 heterocycles. The van der Waals surface area contributed by atoms with Gasteiger partial charge < -0.3 is 14.9 Å². The molecule has 24 heavy (non-hydrogen) atoms. The number of hydrogen-bond donors (Lipinski definition) is 2. The number of fused-ring (bicyclic) bond motifs is 1. The topological polar surface area (TPSA) is 83.8 Å². The van der Waals surface area contributed by atoms with Gasteiger partial charge in [-0.25, -0.2) is 4.79 Å². The summed E-state index contributed by atoms with van der Waals surface area (Å²) in [6.07, 6.45) is 4.46. The molecule has 1 aromatic rings. The zero-order valence-electron chi connectivity index (χ0n) is 14.1. The van der Waals surface area contributed by atoms with Crippen molar-refractivity contribution in [3.8, 4) is 0 Å². The molecule has 1 aliphatic rings. The molecule has 0 saturated carbocycles. The first kappa shape index (κ1) is 18.1.